The van der Waals surface area contributed by atoms with Crippen molar-refractivity contribution in [3.63, 3.8) is 0 Å². The zero-order valence-corrected chi connectivity index (χ0v) is 12.4. The third kappa shape index (κ3) is 1.89. The molecule has 100 valence electrons. The Hall–Kier alpha value is -1.88. The van der Waals surface area contributed by atoms with E-state index in [2.05, 4.69) is 48.3 Å². The molecule has 1 aliphatic carbocycles. The van der Waals surface area contributed by atoms with E-state index >= 15 is 0 Å². The molecule has 1 aliphatic rings. The van der Waals surface area contributed by atoms with Crippen LogP contribution in [0.2, 0.25) is 0 Å². The first-order valence-corrected chi connectivity index (χ1v) is 7.47. The van der Waals surface area contributed by atoms with Crippen LogP contribution in [-0.4, -0.2) is 15.0 Å². The van der Waals surface area contributed by atoms with Crippen LogP contribution in [0, 0.1) is 0 Å². The highest BCUT2D eigenvalue weighted by Gasteiger charge is 2.17. The topological polar surface area (TPSA) is 53.6 Å². The highest BCUT2D eigenvalue weighted by atomic mass is 79.9. The van der Waals surface area contributed by atoms with Gasteiger partial charge < -0.3 is 10.3 Å². The first kappa shape index (κ1) is 11.9. The predicted molar refractivity (Wildman–Crippen MR) is 83.3 cm³/mol. The van der Waals surface area contributed by atoms with Crippen LogP contribution >= 0.6 is 15.9 Å². The Morgan fingerprint density at radius 1 is 1.20 bits per heavy atom. The van der Waals surface area contributed by atoms with Gasteiger partial charge in [-0.25, -0.2) is 9.97 Å². The maximum absolute atomic E-state index is 4.37. The summed E-state index contributed by atoms with van der Waals surface area (Å²) < 4.78 is 1.11. The summed E-state index contributed by atoms with van der Waals surface area (Å²) >= 11 is 3.59. The van der Waals surface area contributed by atoms with Gasteiger partial charge >= 0.3 is 0 Å². The van der Waals surface area contributed by atoms with E-state index in [9.17, 15) is 0 Å². The number of rotatable bonds is 2. The molecule has 4 rings (SSSR count). The normalized spacial score (nSPS) is 13.7. The Kier molecular flexibility index (Phi) is 2.73. The minimum atomic E-state index is 0.850. The minimum absolute atomic E-state index is 0.850. The Bertz CT molecular complexity index is 794. The average Bonchev–Trinajstić information content (AvgIpc) is 3.06. The molecule has 2 aromatic heterocycles. The maximum Gasteiger partial charge on any atom is 0.143 e. The van der Waals surface area contributed by atoms with Gasteiger partial charge in [0, 0.05) is 16.4 Å². The van der Waals surface area contributed by atoms with Crippen molar-refractivity contribution in [2.75, 3.05) is 5.32 Å². The number of aromatic amines is 1. The van der Waals surface area contributed by atoms with Crippen LogP contribution in [0.1, 0.15) is 17.5 Å². The second-order valence-corrected chi connectivity index (χ2v) is 5.95. The van der Waals surface area contributed by atoms with Crippen LogP contribution in [0.25, 0.3) is 11.0 Å². The fraction of sp³-hybridized carbons (Fsp3) is 0.200. The summed E-state index contributed by atoms with van der Waals surface area (Å²) in [6, 6.07) is 6.35. The van der Waals surface area contributed by atoms with E-state index in [4.69, 9.17) is 0 Å². The summed E-state index contributed by atoms with van der Waals surface area (Å²) in [5.41, 5.74) is 4.85. The van der Waals surface area contributed by atoms with Gasteiger partial charge in [0.05, 0.1) is 5.39 Å². The van der Waals surface area contributed by atoms with Crippen LogP contribution in [-0.2, 0) is 12.8 Å². The summed E-state index contributed by atoms with van der Waals surface area (Å²) in [6.45, 7) is 0. The first-order valence-electron chi connectivity index (χ1n) is 6.68. The highest BCUT2D eigenvalue weighted by Crippen LogP contribution is 2.34. The van der Waals surface area contributed by atoms with Gasteiger partial charge in [-0.15, -0.1) is 0 Å². The summed E-state index contributed by atoms with van der Waals surface area (Å²) in [6.07, 6.45) is 6.98. The summed E-state index contributed by atoms with van der Waals surface area (Å²) in [7, 11) is 0. The van der Waals surface area contributed by atoms with Crippen LogP contribution in [0.3, 0.4) is 0 Å². The largest absolute Gasteiger partial charge is 0.346 e. The molecule has 5 heteroatoms. The van der Waals surface area contributed by atoms with E-state index in [1.807, 2.05) is 12.3 Å². The van der Waals surface area contributed by atoms with Crippen molar-refractivity contribution in [3.05, 3.63) is 46.3 Å². The van der Waals surface area contributed by atoms with Crippen LogP contribution in [0.15, 0.2) is 35.2 Å². The van der Waals surface area contributed by atoms with Crippen molar-refractivity contribution in [2.24, 2.45) is 0 Å². The second kappa shape index (κ2) is 4.59. The molecule has 2 N–H and O–H groups in total. The van der Waals surface area contributed by atoms with Gasteiger partial charge in [-0.2, -0.15) is 0 Å². The lowest BCUT2D eigenvalue weighted by atomic mass is 10.1. The monoisotopic (exact) mass is 328 g/mol. The second-order valence-electron chi connectivity index (χ2n) is 5.03. The predicted octanol–water partition coefficient (Wildman–Crippen LogP) is 3.95. The minimum Gasteiger partial charge on any atom is -0.346 e. The quantitative estimate of drug-likeness (QED) is 0.748. The molecule has 0 saturated heterocycles. The number of fused-ring (bicyclic) bond motifs is 2. The van der Waals surface area contributed by atoms with E-state index in [1.54, 1.807) is 6.33 Å². The lowest BCUT2D eigenvalue weighted by molar-refractivity contribution is 0.912. The summed E-state index contributed by atoms with van der Waals surface area (Å²) in [5.74, 6) is 0.850. The molecule has 0 unspecified atom stereocenters. The van der Waals surface area contributed by atoms with E-state index in [1.165, 1.54) is 17.5 Å². The Labute approximate surface area is 124 Å². The summed E-state index contributed by atoms with van der Waals surface area (Å²) in [5, 5.41) is 4.49. The molecule has 2 heterocycles. The molecular formula is C15H13BrN4. The van der Waals surface area contributed by atoms with Crippen LogP contribution in [0.4, 0.5) is 11.5 Å². The van der Waals surface area contributed by atoms with Crippen LogP contribution in [0.5, 0.6) is 0 Å². The van der Waals surface area contributed by atoms with Gasteiger partial charge in [-0.1, -0.05) is 15.9 Å². The Balaban J connectivity index is 1.82. The molecule has 0 saturated carbocycles. The number of aromatic nitrogens is 3. The number of nitrogens with one attached hydrogen (secondary N) is 2. The lowest BCUT2D eigenvalue weighted by Crippen LogP contribution is -1.99. The molecule has 0 fully saturated rings. The van der Waals surface area contributed by atoms with Gasteiger partial charge in [0.1, 0.15) is 17.8 Å². The molecule has 0 aliphatic heterocycles. The fourth-order valence-corrected chi connectivity index (χ4v) is 3.38. The van der Waals surface area contributed by atoms with Crippen molar-refractivity contribution < 1.29 is 0 Å². The molecule has 0 bridgehead atoms. The third-order valence-corrected chi connectivity index (χ3v) is 4.24. The number of H-pyrrole nitrogens is 1. The molecule has 3 aromatic rings. The first-order chi connectivity index (χ1) is 9.81. The van der Waals surface area contributed by atoms with Gasteiger partial charge in [0.25, 0.3) is 0 Å². The Morgan fingerprint density at radius 3 is 3.10 bits per heavy atom. The van der Waals surface area contributed by atoms with Crippen molar-refractivity contribution in [1.29, 1.82) is 0 Å². The zero-order chi connectivity index (χ0) is 13.5. The number of hydrogen-bond acceptors (Lipinski definition) is 3. The van der Waals surface area contributed by atoms with Gasteiger partial charge in [-0.05, 0) is 48.6 Å². The van der Waals surface area contributed by atoms with Crippen molar-refractivity contribution in [3.8, 4) is 0 Å². The van der Waals surface area contributed by atoms with E-state index < -0.39 is 0 Å². The number of anilines is 2. The number of aryl methyl sites for hydroxylation is 1. The molecule has 0 radical (unpaired) electrons. The average molecular weight is 329 g/mol. The van der Waals surface area contributed by atoms with E-state index in [0.29, 0.717) is 0 Å². The molecule has 0 spiro atoms. The smallest absolute Gasteiger partial charge is 0.143 e. The SMILES string of the molecule is Brc1cc2c(c(Nc3ncnc4[nH]ccc34)c1)CCC2. The fourth-order valence-electron chi connectivity index (χ4n) is 2.88. The molecule has 0 amide bonds. The highest BCUT2D eigenvalue weighted by molar-refractivity contribution is 9.10. The van der Waals surface area contributed by atoms with Crippen molar-refractivity contribution >= 4 is 38.5 Å². The van der Waals surface area contributed by atoms with Gasteiger partial charge in [-0.3, -0.25) is 0 Å². The maximum atomic E-state index is 4.37. The van der Waals surface area contributed by atoms with E-state index in [-0.39, 0.29) is 0 Å². The number of nitrogens with zero attached hydrogens (tertiary/aromatic N) is 2. The molecule has 1 aromatic carbocycles. The van der Waals surface area contributed by atoms with Crippen molar-refractivity contribution in [1.82, 2.24) is 15.0 Å². The third-order valence-electron chi connectivity index (χ3n) is 3.79. The molecule has 0 atom stereocenters. The molecular weight excluding hydrogens is 316 g/mol. The molecule has 4 nitrogen and oxygen atoms in total. The molecule has 20 heavy (non-hydrogen) atoms. The number of hydrogen-bond donors (Lipinski definition) is 2. The summed E-state index contributed by atoms with van der Waals surface area (Å²) in [4.78, 5) is 11.7. The lowest BCUT2D eigenvalue weighted by Gasteiger charge is -2.12. The number of benzene rings is 1. The van der Waals surface area contributed by atoms with Crippen LogP contribution < -0.4 is 5.32 Å². The van der Waals surface area contributed by atoms with Crippen molar-refractivity contribution in [2.45, 2.75) is 19.3 Å². The Morgan fingerprint density at radius 2 is 2.15 bits per heavy atom. The van der Waals surface area contributed by atoms with Gasteiger partial charge in [0.2, 0.25) is 0 Å². The number of halogens is 1. The zero-order valence-electron chi connectivity index (χ0n) is 10.8. The standard InChI is InChI=1S/C15H13BrN4/c16-10-6-9-2-1-3-11(9)13(7-10)20-15-12-4-5-17-14(12)18-8-19-15/h4-8H,1-3H2,(H2,17,18,19,20). The van der Waals surface area contributed by atoms with Gasteiger partial charge in [0.15, 0.2) is 0 Å². The van der Waals surface area contributed by atoms with E-state index in [0.717, 1.165) is 39.9 Å².